The predicted octanol–water partition coefficient (Wildman–Crippen LogP) is 4.89. The molecule has 0 aliphatic carbocycles. The molecule has 0 unspecified atom stereocenters. The van der Waals surface area contributed by atoms with E-state index >= 15 is 0 Å². The fourth-order valence-electron chi connectivity index (χ4n) is 2.27. The Hall–Kier alpha value is -2.39. The Kier molecular flexibility index (Phi) is 5.58. The molecule has 26 heavy (non-hydrogen) atoms. The van der Waals surface area contributed by atoms with E-state index in [0.29, 0.717) is 40.5 Å². The maximum absolute atomic E-state index is 11.1. The van der Waals surface area contributed by atoms with Gasteiger partial charge in [-0.2, -0.15) is 8.75 Å². The van der Waals surface area contributed by atoms with Crippen LogP contribution in [0.15, 0.2) is 33.4 Å². The van der Waals surface area contributed by atoms with E-state index in [4.69, 9.17) is 4.42 Å². The van der Waals surface area contributed by atoms with Crippen LogP contribution in [0.3, 0.4) is 0 Å². The van der Waals surface area contributed by atoms with E-state index in [0.717, 1.165) is 23.1 Å². The van der Waals surface area contributed by atoms with Gasteiger partial charge in [-0.15, -0.1) is 0 Å². The van der Waals surface area contributed by atoms with E-state index in [9.17, 15) is 9.90 Å². The van der Waals surface area contributed by atoms with Crippen LogP contribution in [0.25, 0.3) is 0 Å². The molecule has 0 amide bonds. The molecule has 9 heteroatoms. The van der Waals surface area contributed by atoms with Gasteiger partial charge in [0.15, 0.2) is 23.7 Å². The van der Waals surface area contributed by atoms with Gasteiger partial charge in [-0.1, -0.05) is 13.8 Å². The number of benzene rings is 1. The summed E-state index contributed by atoms with van der Waals surface area (Å²) in [6.07, 6.45) is 2.34. The van der Waals surface area contributed by atoms with E-state index in [-0.39, 0.29) is 11.3 Å². The Morgan fingerprint density at radius 2 is 2.12 bits per heavy atom. The predicted molar refractivity (Wildman–Crippen MR) is 105 cm³/mol. The average molecular weight is 437 g/mol. The third-order valence-corrected chi connectivity index (χ3v) is 5.01. The molecule has 3 aromatic rings. The number of anilines is 3. The van der Waals surface area contributed by atoms with Crippen molar-refractivity contribution in [2.75, 3.05) is 10.6 Å². The molecule has 0 fully saturated rings. The lowest BCUT2D eigenvalue weighted by molar-refractivity contribution is 0.112. The Labute approximate surface area is 162 Å². The Morgan fingerprint density at radius 1 is 1.35 bits per heavy atom. The highest BCUT2D eigenvalue weighted by Gasteiger charge is 2.15. The number of aldehydes is 1. The van der Waals surface area contributed by atoms with Crippen molar-refractivity contribution in [1.82, 2.24) is 8.75 Å². The van der Waals surface area contributed by atoms with E-state index in [1.807, 2.05) is 6.07 Å². The zero-order valence-electron chi connectivity index (χ0n) is 14.1. The molecule has 7 nitrogen and oxygen atoms in total. The van der Waals surface area contributed by atoms with Crippen LogP contribution in [0.2, 0.25) is 0 Å². The number of nitrogens with zero attached hydrogens (tertiary/aromatic N) is 2. The van der Waals surface area contributed by atoms with Crippen molar-refractivity contribution in [3.05, 3.63) is 45.8 Å². The Bertz CT molecular complexity index is 923. The Morgan fingerprint density at radius 3 is 2.81 bits per heavy atom. The molecule has 0 saturated heterocycles. The summed E-state index contributed by atoms with van der Waals surface area (Å²) >= 11 is 4.26. The first-order chi connectivity index (χ1) is 12.5. The number of phenolic OH excluding ortho intramolecular Hbond substituents is 1. The first-order valence-corrected chi connectivity index (χ1v) is 9.39. The lowest BCUT2D eigenvalue weighted by Crippen LogP contribution is -2.02. The highest BCUT2D eigenvalue weighted by Crippen LogP contribution is 2.35. The summed E-state index contributed by atoms with van der Waals surface area (Å²) in [7, 11) is 0. The van der Waals surface area contributed by atoms with Gasteiger partial charge in [0.1, 0.15) is 5.76 Å². The number of aromatic nitrogens is 2. The van der Waals surface area contributed by atoms with Crippen molar-refractivity contribution in [2.24, 2.45) is 0 Å². The average Bonchev–Trinajstić information content (AvgIpc) is 3.25. The van der Waals surface area contributed by atoms with Crippen molar-refractivity contribution in [2.45, 2.75) is 26.3 Å². The van der Waals surface area contributed by atoms with Crippen LogP contribution < -0.4 is 10.6 Å². The van der Waals surface area contributed by atoms with Crippen molar-refractivity contribution < 1.29 is 14.3 Å². The van der Waals surface area contributed by atoms with Crippen LogP contribution in [-0.4, -0.2) is 20.1 Å². The number of nitrogens with one attached hydrogen (secondary N) is 2. The summed E-state index contributed by atoms with van der Waals surface area (Å²) in [5, 5.41) is 16.4. The van der Waals surface area contributed by atoms with E-state index in [1.54, 1.807) is 18.4 Å². The standard InChI is InChI=1S/C17H17BrN4O3S/c1-9(2)10-5-11(25-8-10)6-19-16-17(22-26-21-16)20-14-4-3-13(18)12(7-23)15(14)24/h3-5,7-9,24H,6H2,1-2H3,(H,19,21)(H,20,22). The lowest BCUT2D eigenvalue weighted by atomic mass is 10.1. The molecule has 0 radical (unpaired) electrons. The highest BCUT2D eigenvalue weighted by atomic mass is 79.9. The minimum atomic E-state index is -0.152. The van der Waals surface area contributed by atoms with Crippen LogP contribution in [0.4, 0.5) is 17.3 Å². The summed E-state index contributed by atoms with van der Waals surface area (Å²) in [6.45, 7) is 4.66. The van der Waals surface area contributed by atoms with Gasteiger partial charge >= 0.3 is 0 Å². The van der Waals surface area contributed by atoms with E-state index < -0.39 is 0 Å². The SMILES string of the molecule is CC(C)c1coc(CNc2nsnc2Nc2ccc(Br)c(C=O)c2O)c1. The fraction of sp³-hybridized carbons (Fsp3) is 0.235. The molecule has 0 spiro atoms. The maximum Gasteiger partial charge on any atom is 0.188 e. The van der Waals surface area contributed by atoms with Crippen LogP contribution in [-0.2, 0) is 6.54 Å². The molecule has 0 atom stereocenters. The van der Waals surface area contributed by atoms with Gasteiger partial charge in [0.25, 0.3) is 0 Å². The highest BCUT2D eigenvalue weighted by molar-refractivity contribution is 9.10. The lowest BCUT2D eigenvalue weighted by Gasteiger charge is -2.10. The normalized spacial score (nSPS) is 10.9. The fourth-order valence-corrected chi connectivity index (χ4v) is 3.18. The van der Waals surface area contributed by atoms with Crippen molar-refractivity contribution >= 4 is 51.3 Å². The number of carbonyl (C=O) groups excluding carboxylic acids is 1. The van der Waals surface area contributed by atoms with Gasteiger partial charge in [0.2, 0.25) is 0 Å². The molecule has 2 aromatic heterocycles. The number of aromatic hydroxyl groups is 1. The minimum absolute atomic E-state index is 0.152. The van der Waals surface area contributed by atoms with Crippen molar-refractivity contribution in [1.29, 1.82) is 0 Å². The van der Waals surface area contributed by atoms with Gasteiger partial charge in [0, 0.05) is 4.47 Å². The molecule has 0 saturated carbocycles. The molecule has 0 bridgehead atoms. The van der Waals surface area contributed by atoms with Crippen molar-refractivity contribution in [3.8, 4) is 5.75 Å². The van der Waals surface area contributed by atoms with Gasteiger partial charge in [-0.25, -0.2) is 0 Å². The molecule has 3 N–H and O–H groups in total. The molecule has 2 heterocycles. The van der Waals surface area contributed by atoms with Crippen LogP contribution in [0.5, 0.6) is 5.75 Å². The molecule has 0 aliphatic heterocycles. The summed E-state index contributed by atoms with van der Waals surface area (Å²) in [6, 6.07) is 5.33. The minimum Gasteiger partial charge on any atom is -0.505 e. The zero-order valence-corrected chi connectivity index (χ0v) is 16.5. The quantitative estimate of drug-likeness (QED) is 0.357. The summed E-state index contributed by atoms with van der Waals surface area (Å²) < 4.78 is 14.5. The second kappa shape index (κ2) is 7.88. The number of hydrogen-bond donors (Lipinski definition) is 3. The monoisotopic (exact) mass is 436 g/mol. The molecule has 3 rings (SSSR count). The Balaban J connectivity index is 1.73. The first kappa shape index (κ1) is 18.4. The van der Waals surface area contributed by atoms with Crippen LogP contribution in [0.1, 0.15) is 41.4 Å². The maximum atomic E-state index is 11.1. The molecule has 1 aromatic carbocycles. The number of furan rings is 1. The molecule has 0 aliphatic rings. The third-order valence-electron chi connectivity index (χ3n) is 3.79. The van der Waals surface area contributed by atoms with Crippen LogP contribution >= 0.6 is 27.7 Å². The second-order valence-electron chi connectivity index (χ2n) is 5.92. The molecule has 136 valence electrons. The number of halogens is 1. The zero-order chi connectivity index (χ0) is 18.7. The first-order valence-electron chi connectivity index (χ1n) is 7.87. The van der Waals surface area contributed by atoms with Gasteiger partial charge in [0.05, 0.1) is 35.8 Å². The number of phenols is 1. The smallest absolute Gasteiger partial charge is 0.188 e. The molecular formula is C17H17BrN4O3S. The topological polar surface area (TPSA) is 100 Å². The molecular weight excluding hydrogens is 420 g/mol. The number of carbonyl (C=O) groups is 1. The number of rotatable bonds is 7. The van der Waals surface area contributed by atoms with Gasteiger partial charge in [-0.3, -0.25) is 4.79 Å². The van der Waals surface area contributed by atoms with Gasteiger partial charge in [-0.05, 0) is 45.6 Å². The van der Waals surface area contributed by atoms with Crippen LogP contribution in [0, 0.1) is 0 Å². The summed E-state index contributed by atoms with van der Waals surface area (Å²) in [5.41, 5.74) is 1.67. The number of hydrogen-bond acceptors (Lipinski definition) is 8. The summed E-state index contributed by atoms with van der Waals surface area (Å²) in [4.78, 5) is 11.1. The van der Waals surface area contributed by atoms with Gasteiger partial charge < -0.3 is 20.2 Å². The van der Waals surface area contributed by atoms with E-state index in [1.165, 1.54) is 0 Å². The van der Waals surface area contributed by atoms with Crippen molar-refractivity contribution in [3.63, 3.8) is 0 Å². The second-order valence-corrected chi connectivity index (χ2v) is 7.30. The largest absolute Gasteiger partial charge is 0.505 e. The van der Waals surface area contributed by atoms with E-state index in [2.05, 4.69) is 49.2 Å². The summed E-state index contributed by atoms with van der Waals surface area (Å²) in [5.74, 6) is 2.04. The third kappa shape index (κ3) is 3.88.